The van der Waals surface area contributed by atoms with Gasteiger partial charge in [0.1, 0.15) is 0 Å². The highest BCUT2D eigenvalue weighted by molar-refractivity contribution is 5.92. The SMILES string of the molecule is CC(C)=C/C=C(\C)C(=O)NN. The van der Waals surface area contributed by atoms with Crippen molar-refractivity contribution in [3.63, 3.8) is 0 Å². The number of nitrogens with two attached hydrogens (primary N) is 1. The number of carbonyl (C=O) groups excluding carboxylic acids is 1. The maximum atomic E-state index is 10.8. The Kier molecular flexibility index (Phi) is 4.22. The van der Waals surface area contributed by atoms with E-state index in [4.69, 9.17) is 5.84 Å². The van der Waals surface area contributed by atoms with Crippen molar-refractivity contribution in [2.45, 2.75) is 20.8 Å². The lowest BCUT2D eigenvalue weighted by molar-refractivity contribution is -0.117. The molecule has 0 aromatic carbocycles. The zero-order valence-corrected chi connectivity index (χ0v) is 7.14. The molecule has 0 aliphatic heterocycles. The Morgan fingerprint density at radius 1 is 1.27 bits per heavy atom. The normalized spacial score (nSPS) is 10.7. The number of hydrogen-bond donors (Lipinski definition) is 2. The van der Waals surface area contributed by atoms with Crippen LogP contribution in [0.4, 0.5) is 0 Å². The third kappa shape index (κ3) is 4.33. The zero-order chi connectivity index (χ0) is 8.85. The molecule has 3 heteroatoms. The van der Waals surface area contributed by atoms with Gasteiger partial charge in [0.2, 0.25) is 0 Å². The third-order valence-corrected chi connectivity index (χ3v) is 1.16. The molecule has 0 saturated carbocycles. The van der Waals surface area contributed by atoms with Gasteiger partial charge in [0.15, 0.2) is 0 Å². The van der Waals surface area contributed by atoms with Gasteiger partial charge in [-0.05, 0) is 20.8 Å². The van der Waals surface area contributed by atoms with Crippen LogP contribution in [-0.4, -0.2) is 5.91 Å². The molecule has 0 bridgehead atoms. The summed E-state index contributed by atoms with van der Waals surface area (Å²) >= 11 is 0. The molecule has 0 unspecified atom stereocenters. The second-order valence-corrected chi connectivity index (χ2v) is 2.57. The fourth-order valence-corrected chi connectivity index (χ4v) is 0.481. The van der Waals surface area contributed by atoms with Gasteiger partial charge in [-0.1, -0.05) is 17.7 Å². The number of nitrogens with one attached hydrogen (secondary N) is 1. The average molecular weight is 154 g/mol. The highest BCUT2D eigenvalue weighted by Crippen LogP contribution is 1.95. The lowest BCUT2D eigenvalue weighted by Crippen LogP contribution is -2.30. The molecule has 62 valence electrons. The molecule has 0 saturated heterocycles. The number of hydrogen-bond acceptors (Lipinski definition) is 2. The molecule has 0 aliphatic rings. The van der Waals surface area contributed by atoms with E-state index in [1.165, 1.54) is 0 Å². The van der Waals surface area contributed by atoms with Crippen molar-refractivity contribution in [1.29, 1.82) is 0 Å². The summed E-state index contributed by atoms with van der Waals surface area (Å²) in [6, 6.07) is 0. The topological polar surface area (TPSA) is 55.1 Å². The predicted octanol–water partition coefficient (Wildman–Crippen LogP) is 0.889. The smallest absolute Gasteiger partial charge is 0.260 e. The molecule has 0 fully saturated rings. The van der Waals surface area contributed by atoms with E-state index < -0.39 is 0 Å². The molecule has 0 rings (SSSR count). The quantitative estimate of drug-likeness (QED) is 0.204. The number of rotatable bonds is 2. The van der Waals surface area contributed by atoms with E-state index in [-0.39, 0.29) is 5.91 Å². The summed E-state index contributed by atoms with van der Waals surface area (Å²) in [5, 5.41) is 0. The predicted molar refractivity (Wildman–Crippen MR) is 45.5 cm³/mol. The lowest BCUT2D eigenvalue weighted by Gasteiger charge is -1.95. The van der Waals surface area contributed by atoms with Crippen molar-refractivity contribution in [3.8, 4) is 0 Å². The van der Waals surface area contributed by atoms with Crippen LogP contribution in [0, 0.1) is 0 Å². The van der Waals surface area contributed by atoms with Gasteiger partial charge < -0.3 is 0 Å². The molecule has 0 aliphatic carbocycles. The van der Waals surface area contributed by atoms with Gasteiger partial charge in [-0.15, -0.1) is 0 Å². The molecule has 1 amide bonds. The standard InChI is InChI=1S/C8H14N2O/c1-6(2)4-5-7(3)8(11)10-9/h4-5H,9H2,1-3H3,(H,10,11)/b7-5+. The second-order valence-electron chi connectivity index (χ2n) is 2.57. The van der Waals surface area contributed by atoms with Crippen LogP contribution in [0.5, 0.6) is 0 Å². The summed E-state index contributed by atoms with van der Waals surface area (Å²) < 4.78 is 0. The largest absolute Gasteiger partial charge is 0.290 e. The van der Waals surface area contributed by atoms with Gasteiger partial charge in [0.05, 0.1) is 0 Å². The Labute approximate surface area is 66.9 Å². The highest BCUT2D eigenvalue weighted by atomic mass is 16.2. The lowest BCUT2D eigenvalue weighted by atomic mass is 10.2. The first-order valence-corrected chi connectivity index (χ1v) is 3.40. The fraction of sp³-hybridized carbons (Fsp3) is 0.375. The van der Waals surface area contributed by atoms with Crippen molar-refractivity contribution in [2.24, 2.45) is 5.84 Å². The first-order chi connectivity index (χ1) is 5.07. The molecule has 0 aromatic rings. The Hall–Kier alpha value is -1.09. The first-order valence-electron chi connectivity index (χ1n) is 3.40. The van der Waals surface area contributed by atoms with Crippen LogP contribution in [0.2, 0.25) is 0 Å². The van der Waals surface area contributed by atoms with E-state index in [9.17, 15) is 4.79 Å². The van der Waals surface area contributed by atoms with Crippen LogP contribution < -0.4 is 11.3 Å². The molecule has 3 N–H and O–H groups in total. The molecule has 0 radical (unpaired) electrons. The summed E-state index contributed by atoms with van der Waals surface area (Å²) in [6.45, 7) is 5.63. The number of hydrazine groups is 1. The van der Waals surface area contributed by atoms with Gasteiger partial charge >= 0.3 is 0 Å². The van der Waals surface area contributed by atoms with Crippen LogP contribution in [0.25, 0.3) is 0 Å². The van der Waals surface area contributed by atoms with Crippen molar-refractivity contribution in [2.75, 3.05) is 0 Å². The number of allylic oxidation sites excluding steroid dienone is 3. The van der Waals surface area contributed by atoms with E-state index in [1.807, 2.05) is 19.9 Å². The monoisotopic (exact) mass is 154 g/mol. The Morgan fingerprint density at radius 2 is 1.82 bits per heavy atom. The van der Waals surface area contributed by atoms with Crippen LogP contribution in [-0.2, 0) is 4.79 Å². The van der Waals surface area contributed by atoms with E-state index in [0.717, 1.165) is 5.57 Å². The zero-order valence-electron chi connectivity index (χ0n) is 7.14. The minimum absolute atomic E-state index is 0.248. The van der Waals surface area contributed by atoms with Crippen molar-refractivity contribution < 1.29 is 4.79 Å². The van der Waals surface area contributed by atoms with Gasteiger partial charge in [-0.25, -0.2) is 5.84 Å². The molecule has 3 nitrogen and oxygen atoms in total. The van der Waals surface area contributed by atoms with Crippen molar-refractivity contribution in [3.05, 3.63) is 23.3 Å². The van der Waals surface area contributed by atoms with Crippen molar-refractivity contribution >= 4 is 5.91 Å². The summed E-state index contributed by atoms with van der Waals surface area (Å²) in [4.78, 5) is 10.8. The Bertz CT molecular complexity index is 200. The van der Waals surface area contributed by atoms with E-state index in [1.54, 1.807) is 13.0 Å². The Balaban J connectivity index is 4.23. The molecule has 11 heavy (non-hydrogen) atoms. The molecule has 0 atom stereocenters. The highest BCUT2D eigenvalue weighted by Gasteiger charge is 1.97. The van der Waals surface area contributed by atoms with Crippen LogP contribution in [0.3, 0.4) is 0 Å². The number of amides is 1. The summed E-state index contributed by atoms with van der Waals surface area (Å²) in [6.07, 6.45) is 3.60. The summed E-state index contributed by atoms with van der Waals surface area (Å²) in [7, 11) is 0. The molecule has 0 aromatic heterocycles. The number of carbonyl (C=O) groups is 1. The minimum atomic E-state index is -0.248. The Morgan fingerprint density at radius 3 is 2.18 bits per heavy atom. The van der Waals surface area contributed by atoms with E-state index >= 15 is 0 Å². The summed E-state index contributed by atoms with van der Waals surface area (Å²) in [5.74, 6) is 4.67. The molecular formula is C8H14N2O. The maximum absolute atomic E-state index is 10.8. The first kappa shape index (κ1) is 9.91. The van der Waals surface area contributed by atoms with Gasteiger partial charge in [-0.2, -0.15) is 0 Å². The molecule has 0 heterocycles. The summed E-state index contributed by atoms with van der Waals surface area (Å²) in [5.41, 5.74) is 3.80. The van der Waals surface area contributed by atoms with Crippen LogP contribution in [0.15, 0.2) is 23.3 Å². The van der Waals surface area contributed by atoms with Gasteiger partial charge in [0, 0.05) is 5.57 Å². The van der Waals surface area contributed by atoms with Crippen LogP contribution >= 0.6 is 0 Å². The van der Waals surface area contributed by atoms with Gasteiger partial charge in [-0.3, -0.25) is 10.2 Å². The molecule has 0 spiro atoms. The van der Waals surface area contributed by atoms with Crippen LogP contribution in [0.1, 0.15) is 20.8 Å². The molecular weight excluding hydrogens is 140 g/mol. The minimum Gasteiger partial charge on any atom is -0.290 e. The average Bonchev–Trinajstić information content (AvgIpc) is 1.98. The van der Waals surface area contributed by atoms with Crippen molar-refractivity contribution in [1.82, 2.24) is 5.43 Å². The van der Waals surface area contributed by atoms with E-state index in [0.29, 0.717) is 5.57 Å². The van der Waals surface area contributed by atoms with E-state index in [2.05, 4.69) is 5.43 Å². The maximum Gasteiger partial charge on any atom is 0.260 e. The second kappa shape index (κ2) is 4.68. The van der Waals surface area contributed by atoms with Gasteiger partial charge in [0.25, 0.3) is 5.91 Å². The third-order valence-electron chi connectivity index (χ3n) is 1.16. The fourth-order valence-electron chi connectivity index (χ4n) is 0.481.